The van der Waals surface area contributed by atoms with Gasteiger partial charge in [0.15, 0.2) is 0 Å². The molecule has 0 radical (unpaired) electrons. The summed E-state index contributed by atoms with van der Waals surface area (Å²) in [6, 6.07) is 0. The van der Waals surface area contributed by atoms with E-state index < -0.39 is 5.78 Å². The Morgan fingerprint density at radius 2 is 1.14 bits per heavy atom. The number of rotatable bonds is 2. The molecule has 14 N–H and O–H groups in total. The molecule has 0 atom stereocenters. The SMILES string of the molecule is NC(N)=[NH2+].NC(N)=[NH2+].O.O=C(c1nnn[n-]1)c1nnn[n-]1. The Bertz CT molecular complexity index is 473. The normalized spacial score (nSPS) is 8.00. The topological polar surface area (TPSA) is 309 Å². The molecule has 0 saturated heterocycles. The summed E-state index contributed by atoms with van der Waals surface area (Å²) in [6.07, 6.45) is 0. The number of hydrogen-bond donors (Lipinski definition) is 6. The number of ketones is 1. The molecule has 0 amide bonds. The van der Waals surface area contributed by atoms with E-state index >= 15 is 0 Å². The Hall–Kier alpha value is -3.69. The van der Waals surface area contributed by atoms with Crippen LogP contribution in [-0.4, -0.2) is 54.2 Å². The van der Waals surface area contributed by atoms with E-state index in [1.54, 1.807) is 0 Å². The van der Waals surface area contributed by atoms with Crippen LogP contribution in [0.15, 0.2) is 0 Å². The molecule has 0 aliphatic heterocycles. The summed E-state index contributed by atoms with van der Waals surface area (Å²) in [7, 11) is 0. The van der Waals surface area contributed by atoms with E-state index in [1.807, 2.05) is 0 Å². The summed E-state index contributed by atoms with van der Waals surface area (Å²) in [6.45, 7) is 0. The van der Waals surface area contributed by atoms with Crippen molar-refractivity contribution in [3.63, 3.8) is 0 Å². The number of nitrogens with two attached hydrogens (primary N) is 6. The fourth-order valence-corrected chi connectivity index (χ4v) is 0.571. The maximum absolute atomic E-state index is 11.2. The van der Waals surface area contributed by atoms with E-state index in [1.165, 1.54) is 0 Å². The van der Waals surface area contributed by atoms with Gasteiger partial charge in [-0.3, -0.25) is 59.2 Å². The minimum absolute atomic E-state index is 0. The van der Waals surface area contributed by atoms with Crippen LogP contribution in [-0.2, 0) is 0 Å². The number of guanidine groups is 2. The van der Waals surface area contributed by atoms with E-state index in [-0.39, 0.29) is 29.0 Å². The molecule has 0 aromatic carbocycles. The largest absolute Gasteiger partial charge is 0.412 e. The molecular weight excluding hydrogens is 288 g/mol. The first-order valence-corrected chi connectivity index (χ1v) is 4.53. The van der Waals surface area contributed by atoms with Crippen molar-refractivity contribution in [1.29, 1.82) is 0 Å². The third-order valence-electron chi connectivity index (χ3n) is 1.04. The van der Waals surface area contributed by atoms with Gasteiger partial charge in [0.25, 0.3) is 0 Å². The molecule has 0 aliphatic rings. The zero-order chi connectivity index (χ0) is 15.5. The number of nitrogens with zero attached hydrogens (tertiary/aromatic N) is 8. The first-order chi connectivity index (χ1) is 9.34. The predicted octanol–water partition coefficient (Wildman–Crippen LogP) is -9.58. The maximum Gasteiger partial charge on any atom is 0.336 e. The molecule has 16 nitrogen and oxygen atoms in total. The Morgan fingerprint density at radius 3 is 1.33 bits per heavy atom. The van der Waals surface area contributed by atoms with Crippen LogP contribution in [0.5, 0.6) is 0 Å². The highest BCUT2D eigenvalue weighted by atomic mass is 16.1. The Morgan fingerprint density at radius 1 is 0.857 bits per heavy atom. The number of carbonyl (C=O) groups is 1. The van der Waals surface area contributed by atoms with Crippen molar-refractivity contribution in [3.05, 3.63) is 11.6 Å². The van der Waals surface area contributed by atoms with Gasteiger partial charge in [0.05, 0.1) is 11.6 Å². The molecule has 0 spiro atoms. The summed E-state index contributed by atoms with van der Waals surface area (Å²) >= 11 is 0. The lowest BCUT2D eigenvalue weighted by Gasteiger charge is -1.95. The van der Waals surface area contributed by atoms with E-state index in [0.29, 0.717) is 0 Å². The van der Waals surface area contributed by atoms with Gasteiger partial charge in [-0.05, 0) is 0 Å². The Labute approximate surface area is 116 Å². The highest BCUT2D eigenvalue weighted by Crippen LogP contribution is 1.92. The quantitative estimate of drug-likeness (QED) is 0.170. The average molecular weight is 302 g/mol. The molecule has 0 saturated carbocycles. The summed E-state index contributed by atoms with van der Waals surface area (Å²) < 4.78 is 0. The van der Waals surface area contributed by atoms with Gasteiger partial charge in [0.1, 0.15) is 0 Å². The first-order valence-electron chi connectivity index (χ1n) is 4.53. The summed E-state index contributed by atoms with van der Waals surface area (Å²) in [4.78, 5) is 11.2. The molecular formula is C5H14N14O2. The minimum Gasteiger partial charge on any atom is -0.412 e. The Balaban J connectivity index is 0. The van der Waals surface area contributed by atoms with Crippen LogP contribution >= 0.6 is 0 Å². The predicted molar refractivity (Wildman–Crippen MR) is 64.0 cm³/mol. The van der Waals surface area contributed by atoms with Crippen LogP contribution in [0.1, 0.15) is 16.4 Å². The molecule has 2 aromatic rings. The van der Waals surface area contributed by atoms with Gasteiger partial charge in [-0.25, -0.2) is 0 Å². The molecule has 2 heterocycles. The number of carbonyl (C=O) groups excluding carboxylic acids is 1. The lowest BCUT2D eigenvalue weighted by molar-refractivity contribution is -0.117. The molecule has 0 aliphatic carbocycles. The Kier molecular flexibility index (Phi) is 9.59. The van der Waals surface area contributed by atoms with Gasteiger partial charge in [0, 0.05) is 0 Å². The van der Waals surface area contributed by atoms with Gasteiger partial charge in [-0.15, -0.1) is 0 Å². The molecule has 2 rings (SSSR count). The average Bonchev–Trinajstić information content (AvgIpc) is 3.01. The van der Waals surface area contributed by atoms with Crippen molar-refractivity contribution < 1.29 is 21.1 Å². The van der Waals surface area contributed by atoms with Crippen molar-refractivity contribution in [2.45, 2.75) is 0 Å². The second-order valence-electron chi connectivity index (χ2n) is 2.73. The van der Waals surface area contributed by atoms with Crippen molar-refractivity contribution in [2.24, 2.45) is 22.9 Å². The van der Waals surface area contributed by atoms with Gasteiger partial charge in [0.2, 0.25) is 5.78 Å². The zero-order valence-corrected chi connectivity index (χ0v) is 10.5. The van der Waals surface area contributed by atoms with Crippen molar-refractivity contribution in [1.82, 2.24) is 41.2 Å². The van der Waals surface area contributed by atoms with E-state index in [4.69, 9.17) is 0 Å². The second-order valence-corrected chi connectivity index (χ2v) is 2.73. The van der Waals surface area contributed by atoms with Crippen molar-refractivity contribution in [2.75, 3.05) is 0 Å². The molecule has 21 heavy (non-hydrogen) atoms. The van der Waals surface area contributed by atoms with Gasteiger partial charge < -0.3 is 15.7 Å². The fraction of sp³-hybridized carbons (Fsp3) is 0. The van der Waals surface area contributed by atoms with Crippen LogP contribution in [0, 0.1) is 0 Å². The molecule has 116 valence electrons. The second kappa shape index (κ2) is 10.3. The van der Waals surface area contributed by atoms with Crippen molar-refractivity contribution in [3.8, 4) is 0 Å². The third-order valence-corrected chi connectivity index (χ3v) is 1.04. The van der Waals surface area contributed by atoms with Crippen LogP contribution in [0.2, 0.25) is 0 Å². The van der Waals surface area contributed by atoms with Gasteiger partial charge in [-0.1, -0.05) is 0 Å². The van der Waals surface area contributed by atoms with Gasteiger partial charge >= 0.3 is 11.9 Å². The number of aromatic nitrogens is 8. The van der Waals surface area contributed by atoms with E-state index in [9.17, 15) is 4.79 Å². The summed E-state index contributed by atoms with van der Waals surface area (Å²) in [5.41, 5.74) is 18.3. The number of tetrazole rings is 2. The number of hydrogen-bond acceptors (Lipinski definition) is 7. The highest BCUT2D eigenvalue weighted by Gasteiger charge is 2.04. The summed E-state index contributed by atoms with van der Waals surface area (Å²) in [5, 5.41) is 34.9. The fourth-order valence-electron chi connectivity index (χ4n) is 0.571. The maximum atomic E-state index is 11.2. The smallest absolute Gasteiger partial charge is 0.336 e. The van der Waals surface area contributed by atoms with Gasteiger partial charge in [-0.2, -0.15) is 10.4 Å². The zero-order valence-electron chi connectivity index (χ0n) is 10.5. The molecule has 2 aromatic heterocycles. The first kappa shape index (κ1) is 19.6. The van der Waals surface area contributed by atoms with Crippen LogP contribution < -0.4 is 44.0 Å². The highest BCUT2D eigenvalue weighted by molar-refractivity contribution is 6.03. The third kappa shape index (κ3) is 9.96. The molecule has 0 unspecified atom stereocenters. The van der Waals surface area contributed by atoms with E-state index in [2.05, 4.69) is 75.0 Å². The van der Waals surface area contributed by atoms with Crippen LogP contribution in [0.25, 0.3) is 0 Å². The van der Waals surface area contributed by atoms with Crippen molar-refractivity contribution >= 4 is 17.7 Å². The van der Waals surface area contributed by atoms with Crippen LogP contribution in [0.4, 0.5) is 0 Å². The monoisotopic (exact) mass is 302 g/mol. The molecule has 0 bridgehead atoms. The minimum atomic E-state index is -0.593. The van der Waals surface area contributed by atoms with E-state index in [0.717, 1.165) is 0 Å². The molecule has 16 heteroatoms. The standard InChI is InChI=1S/C3HN8O.2CH5N3.H2O/c12-1(2-4-8-9-5-2)3-6-10-11-7-3;2*2-1(3)4;/h(H-,4,5,6,7,8,9,10,11,12);2*(H5,2,3,4);1H2/q-1;;;/p+1. The summed E-state index contributed by atoms with van der Waals surface area (Å²) in [5.74, 6) is -1.08. The lowest BCUT2D eigenvalue weighted by Crippen LogP contribution is -2.51. The van der Waals surface area contributed by atoms with Crippen LogP contribution in [0.3, 0.4) is 0 Å². The lowest BCUT2D eigenvalue weighted by atomic mass is 10.4. The molecule has 0 fully saturated rings.